The lowest BCUT2D eigenvalue weighted by Crippen LogP contribution is -2.40. The first kappa shape index (κ1) is 8.23. The first-order valence-corrected chi connectivity index (χ1v) is 4.72. The quantitative estimate of drug-likeness (QED) is 0.541. The van der Waals surface area contributed by atoms with Crippen LogP contribution < -0.4 is 0 Å². The Morgan fingerprint density at radius 1 is 1.43 bits per heavy atom. The number of aliphatic hydroxyl groups excluding tert-OH is 1. The normalized spacial score (nSPS) is 53.6. The predicted octanol–water partition coefficient (Wildman–Crippen LogP) is -0.761. The smallest absolute Gasteiger partial charge is 0.310 e. The second-order valence-electron chi connectivity index (χ2n) is 4.35. The molecule has 1 saturated heterocycles. The van der Waals surface area contributed by atoms with E-state index in [0.29, 0.717) is 6.42 Å². The van der Waals surface area contributed by atoms with E-state index in [9.17, 15) is 14.7 Å². The highest BCUT2D eigenvalue weighted by molar-refractivity contribution is 5.85. The van der Waals surface area contributed by atoms with Gasteiger partial charge >= 0.3 is 11.9 Å². The van der Waals surface area contributed by atoms with Gasteiger partial charge in [-0.15, -0.1) is 0 Å². The number of ether oxygens (including phenoxy) is 1. The van der Waals surface area contributed by atoms with Gasteiger partial charge in [-0.05, 0) is 6.42 Å². The van der Waals surface area contributed by atoms with Crippen LogP contribution in [0.4, 0.5) is 0 Å². The molecule has 0 aromatic heterocycles. The third kappa shape index (κ3) is 0.706. The Hall–Kier alpha value is -1.10. The number of rotatable bonds is 1. The van der Waals surface area contributed by atoms with Crippen molar-refractivity contribution in [1.29, 1.82) is 0 Å². The zero-order valence-corrected chi connectivity index (χ0v) is 7.29. The van der Waals surface area contributed by atoms with Gasteiger partial charge in [0, 0.05) is 11.8 Å². The fraction of sp³-hybridized carbons (Fsp3) is 0.778. The highest BCUT2D eigenvalue weighted by Gasteiger charge is 2.68. The van der Waals surface area contributed by atoms with Crippen LogP contribution in [0.5, 0.6) is 0 Å². The average molecular weight is 198 g/mol. The summed E-state index contributed by atoms with van der Waals surface area (Å²) < 4.78 is 4.98. The van der Waals surface area contributed by atoms with Crippen molar-refractivity contribution in [2.24, 2.45) is 23.7 Å². The number of carbonyl (C=O) groups is 2. The van der Waals surface area contributed by atoms with E-state index < -0.39 is 36.0 Å². The largest absolute Gasteiger partial charge is 0.481 e. The van der Waals surface area contributed by atoms with Gasteiger partial charge < -0.3 is 14.9 Å². The van der Waals surface area contributed by atoms with Crippen molar-refractivity contribution in [2.45, 2.75) is 18.6 Å². The van der Waals surface area contributed by atoms with Crippen LogP contribution in [0.2, 0.25) is 0 Å². The summed E-state index contributed by atoms with van der Waals surface area (Å²) in [4.78, 5) is 22.3. The van der Waals surface area contributed by atoms with E-state index in [1.54, 1.807) is 0 Å². The van der Waals surface area contributed by atoms with E-state index in [4.69, 9.17) is 9.84 Å². The van der Waals surface area contributed by atoms with Crippen molar-refractivity contribution >= 4 is 11.9 Å². The van der Waals surface area contributed by atoms with Crippen LogP contribution >= 0.6 is 0 Å². The second kappa shape index (κ2) is 2.28. The maximum absolute atomic E-state index is 11.4. The standard InChI is InChI=1S/C9H10O5/c10-6-2-1-3-5(4(2)8(11)12)9(13)14-7(3)6/h2-7,10H,1H2,(H,11,12)/t2-,3+,4-,5+,6-,7-/m1/s1. The van der Waals surface area contributed by atoms with Gasteiger partial charge in [-0.3, -0.25) is 9.59 Å². The van der Waals surface area contributed by atoms with Gasteiger partial charge in [-0.2, -0.15) is 0 Å². The SMILES string of the molecule is O=C(O)[C@@H]1[C@H]2C[C@@H]3[C@@H](OC(=O)[C@@H]31)[C@@H]2O. The van der Waals surface area contributed by atoms with Gasteiger partial charge in [0.05, 0.1) is 17.9 Å². The molecule has 3 rings (SSSR count). The molecule has 0 radical (unpaired) electrons. The van der Waals surface area contributed by atoms with Crippen molar-refractivity contribution in [1.82, 2.24) is 0 Å². The van der Waals surface area contributed by atoms with Crippen LogP contribution in [0, 0.1) is 23.7 Å². The van der Waals surface area contributed by atoms with Crippen molar-refractivity contribution in [3.63, 3.8) is 0 Å². The minimum Gasteiger partial charge on any atom is -0.481 e. The van der Waals surface area contributed by atoms with Gasteiger partial charge in [0.1, 0.15) is 6.10 Å². The van der Waals surface area contributed by atoms with Crippen molar-refractivity contribution in [3.8, 4) is 0 Å². The van der Waals surface area contributed by atoms with Crippen LogP contribution in [0.1, 0.15) is 6.42 Å². The lowest BCUT2D eigenvalue weighted by Gasteiger charge is -2.25. The van der Waals surface area contributed by atoms with Crippen LogP contribution in [0.25, 0.3) is 0 Å². The Labute approximate surface area is 79.7 Å². The average Bonchev–Trinajstić information content (AvgIpc) is 2.67. The molecular weight excluding hydrogens is 188 g/mol. The summed E-state index contributed by atoms with van der Waals surface area (Å²) in [5.41, 5.74) is 0. The van der Waals surface area contributed by atoms with E-state index in [1.165, 1.54) is 0 Å². The molecule has 3 aliphatic rings. The summed E-state index contributed by atoms with van der Waals surface area (Å²) in [5, 5.41) is 18.7. The number of fused-ring (bicyclic) bond motifs is 1. The van der Waals surface area contributed by atoms with E-state index in [0.717, 1.165) is 0 Å². The van der Waals surface area contributed by atoms with E-state index in [1.807, 2.05) is 0 Å². The topological polar surface area (TPSA) is 83.8 Å². The number of aliphatic hydroxyl groups is 1. The van der Waals surface area contributed by atoms with E-state index in [-0.39, 0.29) is 11.8 Å². The molecule has 1 aliphatic heterocycles. The summed E-state index contributed by atoms with van der Waals surface area (Å²) in [6.07, 6.45) is -0.601. The molecule has 1 heterocycles. The number of carboxylic acids is 1. The molecule has 6 atom stereocenters. The van der Waals surface area contributed by atoms with Gasteiger partial charge in [0.25, 0.3) is 0 Å². The molecule has 0 unspecified atom stereocenters. The van der Waals surface area contributed by atoms with Gasteiger partial charge in [-0.1, -0.05) is 0 Å². The van der Waals surface area contributed by atoms with Crippen LogP contribution in [0.3, 0.4) is 0 Å². The number of carbonyl (C=O) groups excluding carboxylic acids is 1. The lowest BCUT2D eigenvalue weighted by atomic mass is 9.79. The minimum absolute atomic E-state index is 0.0661. The molecule has 5 heteroatoms. The number of carboxylic acid groups (broad SMARTS) is 1. The zero-order valence-electron chi connectivity index (χ0n) is 7.29. The van der Waals surface area contributed by atoms with E-state index in [2.05, 4.69) is 0 Å². The van der Waals surface area contributed by atoms with Crippen molar-refractivity contribution in [3.05, 3.63) is 0 Å². The van der Waals surface area contributed by atoms with Gasteiger partial charge in [0.15, 0.2) is 0 Å². The Bertz CT molecular complexity index is 325. The molecule has 2 saturated carbocycles. The summed E-state index contributed by atoms with van der Waals surface area (Å²) in [6, 6.07) is 0. The number of hydrogen-bond donors (Lipinski definition) is 2. The summed E-state index contributed by atoms with van der Waals surface area (Å²) in [6.45, 7) is 0. The predicted molar refractivity (Wildman–Crippen MR) is 42.1 cm³/mol. The molecule has 14 heavy (non-hydrogen) atoms. The second-order valence-corrected chi connectivity index (χ2v) is 4.35. The summed E-state index contributed by atoms with van der Waals surface area (Å²) in [5.74, 6) is -3.03. The Kier molecular flexibility index (Phi) is 1.34. The van der Waals surface area contributed by atoms with E-state index >= 15 is 0 Å². The zero-order chi connectivity index (χ0) is 10.0. The van der Waals surface area contributed by atoms with Gasteiger partial charge in [-0.25, -0.2) is 0 Å². The Morgan fingerprint density at radius 2 is 2.14 bits per heavy atom. The molecule has 3 fully saturated rings. The van der Waals surface area contributed by atoms with Gasteiger partial charge in [0.2, 0.25) is 0 Å². The molecule has 2 aliphatic carbocycles. The first-order valence-electron chi connectivity index (χ1n) is 4.72. The van der Waals surface area contributed by atoms with Crippen molar-refractivity contribution in [2.75, 3.05) is 0 Å². The third-order valence-corrected chi connectivity index (χ3v) is 3.86. The molecule has 5 nitrogen and oxygen atoms in total. The molecule has 0 aromatic rings. The van der Waals surface area contributed by atoms with Crippen LogP contribution in [-0.2, 0) is 14.3 Å². The summed E-state index contributed by atoms with van der Waals surface area (Å²) in [7, 11) is 0. The minimum atomic E-state index is -0.987. The maximum atomic E-state index is 11.4. The fourth-order valence-corrected chi connectivity index (χ4v) is 3.36. The molecule has 2 N–H and O–H groups in total. The number of hydrogen-bond acceptors (Lipinski definition) is 4. The molecule has 76 valence electrons. The number of aliphatic carboxylic acids is 1. The molecule has 0 amide bonds. The Morgan fingerprint density at radius 3 is 2.79 bits per heavy atom. The highest BCUT2D eigenvalue weighted by Crippen LogP contribution is 2.57. The molecule has 0 spiro atoms. The maximum Gasteiger partial charge on any atom is 0.310 e. The monoisotopic (exact) mass is 198 g/mol. The van der Waals surface area contributed by atoms with Crippen molar-refractivity contribution < 1.29 is 24.5 Å². The number of esters is 1. The summed E-state index contributed by atoms with van der Waals surface area (Å²) >= 11 is 0. The first-order chi connectivity index (χ1) is 6.61. The van der Waals surface area contributed by atoms with Crippen LogP contribution in [0.15, 0.2) is 0 Å². The Balaban J connectivity index is 2.04. The fourth-order valence-electron chi connectivity index (χ4n) is 3.36. The molecule has 0 aromatic carbocycles. The lowest BCUT2D eigenvalue weighted by molar-refractivity contribution is -0.151. The molecule has 2 bridgehead atoms. The van der Waals surface area contributed by atoms with Crippen LogP contribution in [-0.4, -0.2) is 34.4 Å². The third-order valence-electron chi connectivity index (χ3n) is 3.86. The molecular formula is C9H10O5. The highest BCUT2D eigenvalue weighted by atomic mass is 16.6.